The fraction of sp³-hybridized carbons (Fsp3) is 0.286. The number of esters is 1. The second-order valence-electron chi connectivity index (χ2n) is 4.42. The van der Waals surface area contributed by atoms with E-state index in [1.807, 2.05) is 0 Å². The molecule has 0 amide bonds. The van der Waals surface area contributed by atoms with Crippen LogP contribution in [0.5, 0.6) is 0 Å². The molecule has 2 aromatic rings. The lowest BCUT2D eigenvalue weighted by Gasteiger charge is -2.10. The average molecular weight is 333 g/mol. The molecule has 22 heavy (non-hydrogen) atoms. The van der Waals surface area contributed by atoms with Crippen LogP contribution >= 0.6 is 11.6 Å². The smallest absolute Gasteiger partial charge is 0.416 e. The third-order valence-corrected chi connectivity index (χ3v) is 3.35. The molecule has 118 valence electrons. The quantitative estimate of drug-likeness (QED) is 0.797. The summed E-state index contributed by atoms with van der Waals surface area (Å²) in [6, 6.07) is 4.26. The third-order valence-electron chi connectivity index (χ3n) is 2.90. The highest BCUT2D eigenvalue weighted by Crippen LogP contribution is 2.30. The molecule has 1 aromatic carbocycles. The molecule has 0 aliphatic heterocycles. The van der Waals surface area contributed by atoms with Gasteiger partial charge in [0.1, 0.15) is 0 Å². The number of hydrogen-bond donors (Lipinski definition) is 0. The zero-order valence-corrected chi connectivity index (χ0v) is 12.5. The van der Waals surface area contributed by atoms with Crippen molar-refractivity contribution in [3.8, 4) is 5.69 Å². The van der Waals surface area contributed by atoms with Crippen LogP contribution in [0, 0.1) is 6.92 Å². The van der Waals surface area contributed by atoms with Crippen LogP contribution in [0.3, 0.4) is 0 Å². The van der Waals surface area contributed by atoms with Crippen LogP contribution in [0.25, 0.3) is 5.69 Å². The van der Waals surface area contributed by atoms with Gasteiger partial charge in [-0.05, 0) is 38.1 Å². The molecular formula is C14H12ClF3N2O2. The van der Waals surface area contributed by atoms with Crippen molar-refractivity contribution in [2.75, 3.05) is 6.61 Å². The van der Waals surface area contributed by atoms with E-state index in [0.29, 0.717) is 5.69 Å². The Hall–Kier alpha value is -2.02. The molecule has 0 saturated heterocycles. The summed E-state index contributed by atoms with van der Waals surface area (Å²) in [6.07, 6.45) is -4.43. The van der Waals surface area contributed by atoms with E-state index in [-0.39, 0.29) is 23.0 Å². The minimum atomic E-state index is -4.43. The maximum absolute atomic E-state index is 12.6. The van der Waals surface area contributed by atoms with Crippen molar-refractivity contribution < 1.29 is 22.7 Å². The molecule has 0 radical (unpaired) electrons. The number of hydrogen-bond acceptors (Lipinski definition) is 3. The van der Waals surface area contributed by atoms with E-state index in [1.54, 1.807) is 13.8 Å². The first kappa shape index (κ1) is 16.4. The van der Waals surface area contributed by atoms with Crippen molar-refractivity contribution >= 4 is 17.6 Å². The van der Waals surface area contributed by atoms with Gasteiger partial charge in [-0.1, -0.05) is 11.6 Å². The van der Waals surface area contributed by atoms with E-state index < -0.39 is 17.7 Å². The molecule has 0 fully saturated rings. The molecule has 1 heterocycles. The largest absolute Gasteiger partial charge is 0.461 e. The second kappa shape index (κ2) is 6.00. The summed E-state index contributed by atoms with van der Waals surface area (Å²) in [5.74, 6) is -0.687. The number of carbonyl (C=O) groups is 1. The van der Waals surface area contributed by atoms with Gasteiger partial charge in [-0.2, -0.15) is 18.3 Å². The van der Waals surface area contributed by atoms with Crippen LogP contribution in [0.1, 0.15) is 28.7 Å². The summed E-state index contributed by atoms with van der Waals surface area (Å²) in [4.78, 5) is 12.0. The van der Waals surface area contributed by atoms with E-state index in [2.05, 4.69) is 5.10 Å². The molecule has 0 unspecified atom stereocenters. The number of benzene rings is 1. The summed E-state index contributed by atoms with van der Waals surface area (Å²) in [5.41, 5.74) is -0.139. The summed E-state index contributed by atoms with van der Waals surface area (Å²) < 4.78 is 43.8. The molecule has 8 heteroatoms. The van der Waals surface area contributed by atoms with Crippen LogP contribution in [-0.4, -0.2) is 22.4 Å². The molecule has 0 spiro atoms. The normalized spacial score (nSPS) is 11.5. The topological polar surface area (TPSA) is 44.1 Å². The van der Waals surface area contributed by atoms with Gasteiger partial charge in [0.25, 0.3) is 0 Å². The summed E-state index contributed by atoms with van der Waals surface area (Å²) >= 11 is 6.03. The van der Waals surface area contributed by atoms with Gasteiger partial charge >= 0.3 is 12.1 Å². The maximum Gasteiger partial charge on any atom is 0.416 e. The van der Waals surface area contributed by atoms with Gasteiger partial charge in [-0.3, -0.25) is 0 Å². The van der Waals surface area contributed by atoms with Gasteiger partial charge in [0, 0.05) is 0 Å². The second-order valence-corrected chi connectivity index (χ2v) is 4.80. The zero-order valence-electron chi connectivity index (χ0n) is 11.7. The van der Waals surface area contributed by atoms with Gasteiger partial charge in [-0.25, -0.2) is 9.48 Å². The van der Waals surface area contributed by atoms with Crippen molar-refractivity contribution in [3.63, 3.8) is 0 Å². The summed E-state index contributed by atoms with van der Waals surface area (Å²) in [5, 5.41) is 4.19. The predicted octanol–water partition coefficient (Wildman–Crippen LogP) is 4.03. The maximum atomic E-state index is 12.6. The van der Waals surface area contributed by atoms with Crippen molar-refractivity contribution in [1.82, 2.24) is 9.78 Å². The molecule has 0 bridgehead atoms. The molecule has 0 aliphatic rings. The lowest BCUT2D eigenvalue weighted by Crippen LogP contribution is -2.13. The molecule has 1 aromatic heterocycles. The number of alkyl halides is 3. The zero-order chi connectivity index (χ0) is 16.5. The van der Waals surface area contributed by atoms with Gasteiger partial charge in [-0.15, -0.1) is 0 Å². The van der Waals surface area contributed by atoms with E-state index in [1.165, 1.54) is 16.8 Å². The minimum absolute atomic E-state index is 0.0132. The molecule has 0 atom stereocenters. The Morgan fingerprint density at radius 1 is 1.32 bits per heavy atom. The number of nitrogens with zero attached hydrogens (tertiary/aromatic N) is 2. The molecular weight excluding hydrogens is 321 g/mol. The molecule has 0 saturated carbocycles. The molecule has 4 nitrogen and oxygen atoms in total. The van der Waals surface area contributed by atoms with Crippen molar-refractivity contribution in [1.29, 1.82) is 0 Å². The summed E-state index contributed by atoms with van der Waals surface area (Å²) in [7, 11) is 0. The van der Waals surface area contributed by atoms with Crippen LogP contribution in [0.15, 0.2) is 24.3 Å². The van der Waals surface area contributed by atoms with E-state index in [4.69, 9.17) is 16.3 Å². The Kier molecular flexibility index (Phi) is 4.46. The predicted molar refractivity (Wildman–Crippen MR) is 74.3 cm³/mol. The number of carbonyl (C=O) groups excluding carboxylic acids is 1. The van der Waals surface area contributed by atoms with Crippen LogP contribution < -0.4 is 0 Å². The molecule has 2 rings (SSSR count). The standard InChI is InChI=1S/C14H12ClF3N2O2/c1-3-22-13(21)12-11(15)8(2)19-20(12)10-6-4-9(5-7-10)14(16,17)18/h4-7H,3H2,1-2H3. The highest BCUT2D eigenvalue weighted by atomic mass is 35.5. The first-order chi connectivity index (χ1) is 10.3. The lowest BCUT2D eigenvalue weighted by atomic mass is 10.2. The first-order valence-electron chi connectivity index (χ1n) is 6.35. The van der Waals surface area contributed by atoms with Gasteiger partial charge in [0.2, 0.25) is 0 Å². The Morgan fingerprint density at radius 2 is 1.91 bits per heavy atom. The average Bonchev–Trinajstić information content (AvgIpc) is 2.74. The van der Waals surface area contributed by atoms with E-state index in [9.17, 15) is 18.0 Å². The monoisotopic (exact) mass is 332 g/mol. The Labute approximate surface area is 129 Å². The highest BCUT2D eigenvalue weighted by Gasteiger charge is 2.30. The first-order valence-corrected chi connectivity index (χ1v) is 6.73. The van der Waals surface area contributed by atoms with Gasteiger partial charge in [0.05, 0.1) is 28.6 Å². The fourth-order valence-electron chi connectivity index (χ4n) is 1.86. The number of aryl methyl sites for hydroxylation is 1. The van der Waals surface area contributed by atoms with Crippen molar-refractivity contribution in [3.05, 3.63) is 46.2 Å². The number of rotatable bonds is 3. The van der Waals surface area contributed by atoms with E-state index >= 15 is 0 Å². The van der Waals surface area contributed by atoms with Gasteiger partial charge < -0.3 is 4.74 Å². The number of halogens is 4. The molecule has 0 aliphatic carbocycles. The SMILES string of the molecule is CCOC(=O)c1c(Cl)c(C)nn1-c1ccc(C(F)(F)F)cc1. The molecule has 0 N–H and O–H groups in total. The van der Waals surface area contributed by atoms with Gasteiger partial charge in [0.15, 0.2) is 5.69 Å². The minimum Gasteiger partial charge on any atom is -0.461 e. The Morgan fingerprint density at radius 3 is 2.41 bits per heavy atom. The Bertz CT molecular complexity index is 693. The fourth-order valence-corrected chi connectivity index (χ4v) is 2.06. The van der Waals surface area contributed by atoms with E-state index in [0.717, 1.165) is 12.1 Å². The number of aromatic nitrogens is 2. The highest BCUT2D eigenvalue weighted by molar-refractivity contribution is 6.34. The van der Waals surface area contributed by atoms with Crippen LogP contribution in [-0.2, 0) is 10.9 Å². The summed E-state index contributed by atoms with van der Waals surface area (Å²) in [6.45, 7) is 3.37. The number of ether oxygens (including phenoxy) is 1. The van der Waals surface area contributed by atoms with Crippen LogP contribution in [0.4, 0.5) is 13.2 Å². The van der Waals surface area contributed by atoms with Crippen LogP contribution in [0.2, 0.25) is 5.02 Å². The van der Waals surface area contributed by atoms with Crippen molar-refractivity contribution in [2.24, 2.45) is 0 Å². The lowest BCUT2D eigenvalue weighted by molar-refractivity contribution is -0.137. The third kappa shape index (κ3) is 3.09. The van der Waals surface area contributed by atoms with Crippen molar-refractivity contribution in [2.45, 2.75) is 20.0 Å². The Balaban J connectivity index is 2.49.